The molecule has 0 saturated heterocycles. The minimum Gasteiger partial charge on any atom is -0.298 e. The SMILES string of the molecule is O=Cc1ccccc1-c1ccccc1-c1ccccc1C=O. The van der Waals surface area contributed by atoms with Gasteiger partial charge in [-0.2, -0.15) is 0 Å². The largest absolute Gasteiger partial charge is 0.298 e. The van der Waals surface area contributed by atoms with Gasteiger partial charge in [-0.05, 0) is 22.3 Å². The number of rotatable bonds is 4. The predicted molar refractivity (Wildman–Crippen MR) is 88.1 cm³/mol. The Balaban J connectivity index is 2.28. The van der Waals surface area contributed by atoms with E-state index in [1.54, 1.807) is 12.1 Å². The second-order valence-electron chi connectivity index (χ2n) is 4.96. The van der Waals surface area contributed by atoms with Crippen LogP contribution in [0.5, 0.6) is 0 Å². The highest BCUT2D eigenvalue weighted by Crippen LogP contribution is 2.34. The Bertz CT molecular complexity index is 764. The van der Waals surface area contributed by atoms with E-state index in [2.05, 4.69) is 0 Å². The normalized spacial score (nSPS) is 10.2. The molecule has 3 aromatic rings. The lowest BCUT2D eigenvalue weighted by Gasteiger charge is -2.13. The molecule has 2 heteroatoms. The third-order valence-electron chi connectivity index (χ3n) is 3.68. The Hall–Kier alpha value is -3.00. The van der Waals surface area contributed by atoms with Crippen molar-refractivity contribution < 1.29 is 9.59 Å². The van der Waals surface area contributed by atoms with Crippen molar-refractivity contribution in [3.05, 3.63) is 83.9 Å². The first-order chi connectivity index (χ1) is 10.8. The molecule has 0 saturated carbocycles. The minimum absolute atomic E-state index is 0.638. The van der Waals surface area contributed by atoms with Crippen LogP contribution in [-0.4, -0.2) is 12.6 Å². The zero-order valence-electron chi connectivity index (χ0n) is 11.9. The fraction of sp³-hybridized carbons (Fsp3) is 0. The van der Waals surface area contributed by atoms with Gasteiger partial charge in [-0.1, -0.05) is 72.8 Å². The van der Waals surface area contributed by atoms with E-state index >= 15 is 0 Å². The zero-order valence-corrected chi connectivity index (χ0v) is 11.9. The van der Waals surface area contributed by atoms with E-state index in [0.29, 0.717) is 11.1 Å². The predicted octanol–water partition coefficient (Wildman–Crippen LogP) is 4.65. The summed E-state index contributed by atoms with van der Waals surface area (Å²) in [6.45, 7) is 0. The standard InChI is InChI=1S/C20H14O2/c21-13-15-7-1-3-9-17(15)19-11-5-6-12-20(19)18-10-4-2-8-16(18)14-22/h1-14H. The van der Waals surface area contributed by atoms with E-state index in [0.717, 1.165) is 34.8 Å². The van der Waals surface area contributed by atoms with Crippen LogP contribution in [0.1, 0.15) is 20.7 Å². The summed E-state index contributed by atoms with van der Waals surface area (Å²) in [5, 5.41) is 0. The summed E-state index contributed by atoms with van der Waals surface area (Å²) in [7, 11) is 0. The molecule has 0 aliphatic rings. The van der Waals surface area contributed by atoms with Crippen molar-refractivity contribution in [2.75, 3.05) is 0 Å². The van der Waals surface area contributed by atoms with E-state index in [4.69, 9.17) is 0 Å². The molecule has 2 nitrogen and oxygen atoms in total. The lowest BCUT2D eigenvalue weighted by Crippen LogP contribution is -1.93. The first-order valence-electron chi connectivity index (χ1n) is 7.03. The maximum atomic E-state index is 11.3. The van der Waals surface area contributed by atoms with Gasteiger partial charge >= 0.3 is 0 Å². The molecule has 0 aliphatic heterocycles. The number of hydrogen-bond acceptors (Lipinski definition) is 2. The number of hydrogen-bond donors (Lipinski definition) is 0. The van der Waals surface area contributed by atoms with E-state index in [1.165, 1.54) is 0 Å². The maximum absolute atomic E-state index is 11.3. The third-order valence-corrected chi connectivity index (χ3v) is 3.68. The van der Waals surface area contributed by atoms with Gasteiger partial charge in [0.05, 0.1) is 0 Å². The summed E-state index contributed by atoms with van der Waals surface area (Å²) in [5.74, 6) is 0. The minimum atomic E-state index is 0.638. The van der Waals surface area contributed by atoms with Crippen LogP contribution < -0.4 is 0 Å². The molecule has 106 valence electrons. The summed E-state index contributed by atoms with van der Waals surface area (Å²) in [6, 6.07) is 22.7. The van der Waals surface area contributed by atoms with Crippen molar-refractivity contribution in [3.63, 3.8) is 0 Å². The smallest absolute Gasteiger partial charge is 0.150 e. The fourth-order valence-corrected chi connectivity index (χ4v) is 2.64. The monoisotopic (exact) mass is 286 g/mol. The summed E-state index contributed by atoms with van der Waals surface area (Å²) in [5.41, 5.74) is 4.90. The van der Waals surface area contributed by atoms with Crippen LogP contribution in [0.3, 0.4) is 0 Å². The van der Waals surface area contributed by atoms with E-state index in [9.17, 15) is 9.59 Å². The van der Waals surface area contributed by atoms with Crippen LogP contribution >= 0.6 is 0 Å². The van der Waals surface area contributed by atoms with E-state index in [-0.39, 0.29) is 0 Å². The molecule has 0 aromatic heterocycles. The van der Waals surface area contributed by atoms with Gasteiger partial charge in [0.2, 0.25) is 0 Å². The topological polar surface area (TPSA) is 34.1 Å². The average Bonchev–Trinajstić information content (AvgIpc) is 2.61. The Morgan fingerprint density at radius 1 is 0.455 bits per heavy atom. The molecule has 0 fully saturated rings. The van der Waals surface area contributed by atoms with Crippen LogP contribution in [0.2, 0.25) is 0 Å². The van der Waals surface area contributed by atoms with Crippen molar-refractivity contribution in [2.24, 2.45) is 0 Å². The van der Waals surface area contributed by atoms with Crippen LogP contribution in [0.4, 0.5) is 0 Å². The molecule has 0 amide bonds. The van der Waals surface area contributed by atoms with E-state index < -0.39 is 0 Å². The molecule has 0 bridgehead atoms. The highest BCUT2D eigenvalue weighted by Gasteiger charge is 2.12. The summed E-state index contributed by atoms with van der Waals surface area (Å²) < 4.78 is 0. The molecule has 3 aromatic carbocycles. The molecule has 0 atom stereocenters. The van der Waals surface area contributed by atoms with Crippen LogP contribution in [0.15, 0.2) is 72.8 Å². The summed E-state index contributed by atoms with van der Waals surface area (Å²) in [6.07, 6.45) is 1.72. The van der Waals surface area contributed by atoms with Gasteiger partial charge < -0.3 is 0 Å². The number of benzene rings is 3. The van der Waals surface area contributed by atoms with Crippen molar-refractivity contribution in [2.45, 2.75) is 0 Å². The highest BCUT2D eigenvalue weighted by molar-refractivity contribution is 5.96. The summed E-state index contributed by atoms with van der Waals surface area (Å²) in [4.78, 5) is 22.6. The van der Waals surface area contributed by atoms with Gasteiger partial charge in [0.1, 0.15) is 0 Å². The average molecular weight is 286 g/mol. The van der Waals surface area contributed by atoms with Crippen LogP contribution in [-0.2, 0) is 0 Å². The third kappa shape index (κ3) is 2.47. The van der Waals surface area contributed by atoms with Crippen LogP contribution in [0.25, 0.3) is 22.3 Å². The molecule has 0 N–H and O–H groups in total. The molecule has 0 heterocycles. The Morgan fingerprint density at radius 2 is 0.773 bits per heavy atom. The maximum Gasteiger partial charge on any atom is 0.150 e. The van der Waals surface area contributed by atoms with Crippen molar-refractivity contribution in [1.29, 1.82) is 0 Å². The van der Waals surface area contributed by atoms with Crippen molar-refractivity contribution in [3.8, 4) is 22.3 Å². The molecular weight excluding hydrogens is 272 g/mol. The van der Waals surface area contributed by atoms with Gasteiger partial charge in [-0.15, -0.1) is 0 Å². The van der Waals surface area contributed by atoms with Gasteiger partial charge in [-0.25, -0.2) is 0 Å². The molecule has 0 aliphatic carbocycles. The molecular formula is C20H14O2. The lowest BCUT2D eigenvalue weighted by atomic mass is 9.90. The molecule has 0 radical (unpaired) electrons. The van der Waals surface area contributed by atoms with E-state index in [1.807, 2.05) is 60.7 Å². The van der Waals surface area contributed by atoms with Crippen molar-refractivity contribution in [1.82, 2.24) is 0 Å². The molecule has 0 spiro atoms. The molecule has 0 unspecified atom stereocenters. The van der Waals surface area contributed by atoms with Gasteiger partial charge in [-0.3, -0.25) is 9.59 Å². The Kier molecular flexibility index (Phi) is 3.92. The van der Waals surface area contributed by atoms with Gasteiger partial charge in [0, 0.05) is 11.1 Å². The molecule has 22 heavy (non-hydrogen) atoms. The zero-order chi connectivity index (χ0) is 15.4. The number of carbonyl (C=O) groups excluding carboxylic acids is 2. The first kappa shape index (κ1) is 14.0. The number of carbonyl (C=O) groups is 2. The Morgan fingerprint density at radius 3 is 1.14 bits per heavy atom. The van der Waals surface area contributed by atoms with Crippen LogP contribution in [0, 0.1) is 0 Å². The van der Waals surface area contributed by atoms with Gasteiger partial charge in [0.15, 0.2) is 12.6 Å². The second-order valence-corrected chi connectivity index (χ2v) is 4.96. The fourth-order valence-electron chi connectivity index (χ4n) is 2.64. The molecule has 3 rings (SSSR count). The second kappa shape index (κ2) is 6.19. The quantitative estimate of drug-likeness (QED) is 0.654. The lowest BCUT2D eigenvalue weighted by molar-refractivity contribution is 0.111. The summed E-state index contributed by atoms with van der Waals surface area (Å²) >= 11 is 0. The first-order valence-corrected chi connectivity index (χ1v) is 7.03. The highest BCUT2D eigenvalue weighted by atomic mass is 16.1. The Labute approximate surface area is 129 Å². The number of aldehydes is 2. The van der Waals surface area contributed by atoms with Gasteiger partial charge in [0.25, 0.3) is 0 Å². The van der Waals surface area contributed by atoms with Crippen molar-refractivity contribution >= 4 is 12.6 Å².